The maximum atomic E-state index is 4.97. The average molecular weight is 426 g/mol. The van der Waals surface area contributed by atoms with Gasteiger partial charge in [-0.25, -0.2) is 14.7 Å². The van der Waals surface area contributed by atoms with E-state index in [1.165, 1.54) is 11.1 Å². The van der Waals surface area contributed by atoms with E-state index in [9.17, 15) is 0 Å². The molecule has 0 radical (unpaired) electrons. The molecule has 3 aromatic rings. The highest BCUT2D eigenvalue weighted by molar-refractivity contribution is 6.53. The molecular weight excluding hydrogens is 394 g/mol. The summed E-state index contributed by atoms with van der Waals surface area (Å²) in [6, 6.07) is 16.9. The van der Waals surface area contributed by atoms with Crippen LogP contribution < -0.4 is 0 Å². The Kier molecular flexibility index (Phi) is 6.17. The molecule has 0 N–H and O–H groups in total. The molecule has 5 heteroatoms. The predicted octanol–water partition coefficient (Wildman–Crippen LogP) is 6.46. The van der Waals surface area contributed by atoms with Crippen LogP contribution in [0, 0.1) is 27.7 Å². The fourth-order valence-corrected chi connectivity index (χ4v) is 4.24. The number of hydrogen-bond acceptors (Lipinski definition) is 3. The molecule has 5 nitrogen and oxygen atoms in total. The normalized spacial score (nSPS) is 14.9. The molecule has 2 heterocycles. The highest BCUT2D eigenvalue weighted by Crippen LogP contribution is 2.29. The third-order valence-corrected chi connectivity index (χ3v) is 6.02. The second-order valence-electron chi connectivity index (χ2n) is 8.58. The number of rotatable bonds is 5. The Morgan fingerprint density at radius 2 is 1.69 bits per heavy atom. The molecule has 2 aromatic carbocycles. The highest BCUT2D eigenvalue weighted by atomic mass is 15.4. The van der Waals surface area contributed by atoms with Crippen LogP contribution in [0.3, 0.4) is 0 Å². The SMILES string of the molecule is CCC(CC)c1ccc(/N=C2/N=C(n3nc(C)cc3C)N=C2c2cccc(C)c2)c(C)c1. The predicted molar refractivity (Wildman–Crippen MR) is 134 cm³/mol. The van der Waals surface area contributed by atoms with Crippen LogP contribution in [0.1, 0.15) is 66.2 Å². The van der Waals surface area contributed by atoms with Crippen LogP contribution in [0.4, 0.5) is 5.69 Å². The van der Waals surface area contributed by atoms with Crippen LogP contribution in [0.2, 0.25) is 0 Å². The summed E-state index contributed by atoms with van der Waals surface area (Å²) in [6.07, 6.45) is 2.29. The van der Waals surface area contributed by atoms with Gasteiger partial charge in [0.2, 0.25) is 0 Å². The first-order chi connectivity index (χ1) is 15.4. The second-order valence-corrected chi connectivity index (χ2v) is 8.58. The number of amidine groups is 1. The first kappa shape index (κ1) is 21.9. The Balaban J connectivity index is 1.80. The van der Waals surface area contributed by atoms with Gasteiger partial charge in [-0.2, -0.15) is 10.1 Å². The van der Waals surface area contributed by atoms with Crippen molar-refractivity contribution in [3.05, 3.63) is 82.2 Å². The van der Waals surface area contributed by atoms with Crippen molar-refractivity contribution in [2.75, 3.05) is 0 Å². The molecule has 0 saturated heterocycles. The smallest absolute Gasteiger partial charge is 0.227 e. The van der Waals surface area contributed by atoms with Gasteiger partial charge in [-0.1, -0.05) is 49.7 Å². The average Bonchev–Trinajstić information content (AvgIpc) is 3.33. The van der Waals surface area contributed by atoms with Crippen molar-refractivity contribution >= 4 is 23.2 Å². The van der Waals surface area contributed by atoms with Gasteiger partial charge in [-0.15, -0.1) is 0 Å². The maximum Gasteiger partial charge on any atom is 0.253 e. The Labute approximate surface area is 190 Å². The van der Waals surface area contributed by atoms with E-state index in [0.717, 1.165) is 46.8 Å². The molecule has 0 bridgehead atoms. The molecule has 1 aliphatic heterocycles. The zero-order chi connectivity index (χ0) is 22.8. The molecule has 0 saturated carbocycles. The zero-order valence-electron chi connectivity index (χ0n) is 19.8. The van der Waals surface area contributed by atoms with Gasteiger partial charge in [-0.3, -0.25) is 0 Å². The van der Waals surface area contributed by atoms with Crippen molar-refractivity contribution in [3.8, 4) is 0 Å². The lowest BCUT2D eigenvalue weighted by atomic mass is 9.92. The van der Waals surface area contributed by atoms with Crippen LogP contribution >= 0.6 is 0 Å². The van der Waals surface area contributed by atoms with E-state index in [-0.39, 0.29) is 0 Å². The molecule has 0 aliphatic carbocycles. The molecule has 0 fully saturated rings. The maximum absolute atomic E-state index is 4.97. The third-order valence-electron chi connectivity index (χ3n) is 6.02. The van der Waals surface area contributed by atoms with E-state index in [0.29, 0.717) is 17.7 Å². The van der Waals surface area contributed by atoms with Crippen LogP contribution in [-0.4, -0.2) is 27.3 Å². The van der Waals surface area contributed by atoms with Gasteiger partial charge in [0.05, 0.1) is 11.4 Å². The Morgan fingerprint density at radius 3 is 2.31 bits per heavy atom. The van der Waals surface area contributed by atoms with E-state index in [4.69, 9.17) is 15.0 Å². The first-order valence-corrected chi connectivity index (χ1v) is 11.4. The number of aromatic nitrogens is 2. The summed E-state index contributed by atoms with van der Waals surface area (Å²) in [5.74, 6) is 1.76. The summed E-state index contributed by atoms with van der Waals surface area (Å²) < 4.78 is 1.79. The summed E-state index contributed by atoms with van der Waals surface area (Å²) in [7, 11) is 0. The monoisotopic (exact) mass is 425 g/mol. The number of nitrogens with zero attached hydrogens (tertiary/aromatic N) is 5. The largest absolute Gasteiger partial charge is 0.253 e. The number of benzene rings is 2. The van der Waals surface area contributed by atoms with E-state index >= 15 is 0 Å². The fourth-order valence-electron chi connectivity index (χ4n) is 4.24. The van der Waals surface area contributed by atoms with Crippen molar-refractivity contribution in [2.45, 2.75) is 60.3 Å². The quantitative estimate of drug-likeness (QED) is 0.463. The molecule has 1 aromatic heterocycles. The van der Waals surface area contributed by atoms with E-state index in [1.54, 1.807) is 4.68 Å². The number of aryl methyl sites for hydroxylation is 4. The molecule has 0 amide bonds. The summed E-state index contributed by atoms with van der Waals surface area (Å²) in [5, 5.41) is 4.57. The molecule has 1 aliphatic rings. The molecule has 0 unspecified atom stereocenters. The molecule has 164 valence electrons. The van der Waals surface area contributed by atoms with Gasteiger partial charge in [0.25, 0.3) is 5.96 Å². The molecule has 32 heavy (non-hydrogen) atoms. The van der Waals surface area contributed by atoms with Gasteiger partial charge >= 0.3 is 0 Å². The van der Waals surface area contributed by atoms with Gasteiger partial charge in [0.1, 0.15) is 5.71 Å². The lowest BCUT2D eigenvalue weighted by molar-refractivity contribution is 0.641. The lowest BCUT2D eigenvalue weighted by Crippen LogP contribution is -2.11. The van der Waals surface area contributed by atoms with Gasteiger partial charge in [0.15, 0.2) is 5.84 Å². The third kappa shape index (κ3) is 4.33. The van der Waals surface area contributed by atoms with Crippen LogP contribution in [-0.2, 0) is 0 Å². The summed E-state index contributed by atoms with van der Waals surface area (Å²) >= 11 is 0. The number of hydrogen-bond donors (Lipinski definition) is 0. The minimum Gasteiger partial charge on any atom is -0.227 e. The second kappa shape index (κ2) is 9.03. The van der Waals surface area contributed by atoms with Crippen LogP contribution in [0.15, 0.2) is 63.5 Å². The molecule has 4 rings (SSSR count). The molecule has 0 spiro atoms. The molecular formula is C27H31N5. The van der Waals surface area contributed by atoms with Gasteiger partial charge in [0, 0.05) is 11.3 Å². The fraction of sp³-hybridized carbons (Fsp3) is 0.333. The summed E-state index contributed by atoms with van der Waals surface area (Å²) in [6.45, 7) is 12.7. The van der Waals surface area contributed by atoms with Crippen LogP contribution in [0.5, 0.6) is 0 Å². The Bertz CT molecular complexity index is 1240. The van der Waals surface area contributed by atoms with Crippen molar-refractivity contribution in [2.24, 2.45) is 15.0 Å². The number of aliphatic imine (C=N–C) groups is 3. The molecule has 0 atom stereocenters. The van der Waals surface area contributed by atoms with Crippen molar-refractivity contribution in [1.82, 2.24) is 9.78 Å². The van der Waals surface area contributed by atoms with E-state index in [1.807, 2.05) is 26.0 Å². The standard InChI is InChI=1S/C27H31N5/c1-7-21(8-2)22-12-13-24(18(4)15-22)28-26-25(23-11-9-10-17(3)14-23)29-27(30-26)32-20(6)16-19(5)31-32/h9-16,21H,7-8H2,1-6H3/b28-26+. The first-order valence-electron chi connectivity index (χ1n) is 11.4. The zero-order valence-corrected chi connectivity index (χ0v) is 19.8. The Morgan fingerprint density at radius 1 is 0.906 bits per heavy atom. The summed E-state index contributed by atoms with van der Waals surface area (Å²) in [4.78, 5) is 14.6. The minimum atomic E-state index is 0.553. The van der Waals surface area contributed by atoms with Crippen molar-refractivity contribution in [3.63, 3.8) is 0 Å². The lowest BCUT2D eigenvalue weighted by Gasteiger charge is -2.14. The van der Waals surface area contributed by atoms with Crippen LogP contribution in [0.25, 0.3) is 0 Å². The van der Waals surface area contributed by atoms with E-state index in [2.05, 4.69) is 69.2 Å². The minimum absolute atomic E-state index is 0.553. The topological polar surface area (TPSA) is 54.9 Å². The van der Waals surface area contributed by atoms with Gasteiger partial charge in [-0.05, 0) is 75.8 Å². The van der Waals surface area contributed by atoms with E-state index < -0.39 is 0 Å². The van der Waals surface area contributed by atoms with Crippen molar-refractivity contribution < 1.29 is 0 Å². The highest BCUT2D eigenvalue weighted by Gasteiger charge is 2.23. The summed E-state index contributed by atoms with van der Waals surface area (Å²) in [5.41, 5.74) is 8.36. The van der Waals surface area contributed by atoms with Gasteiger partial charge < -0.3 is 0 Å². The Hall–Kier alpha value is -3.34. The van der Waals surface area contributed by atoms with Crippen molar-refractivity contribution in [1.29, 1.82) is 0 Å².